The molecule has 1 unspecified atom stereocenters. The van der Waals surface area contributed by atoms with Crippen molar-refractivity contribution in [1.29, 1.82) is 0 Å². The van der Waals surface area contributed by atoms with E-state index in [1.165, 1.54) is 0 Å². The number of nitrogens with zero attached hydrogens (tertiary/aromatic N) is 3. The first kappa shape index (κ1) is 16.2. The zero-order valence-electron chi connectivity index (χ0n) is 13.4. The Morgan fingerprint density at radius 1 is 1.14 bits per heavy atom. The van der Waals surface area contributed by atoms with Gasteiger partial charge in [0.1, 0.15) is 17.8 Å². The second-order valence-corrected chi connectivity index (χ2v) is 5.17. The summed E-state index contributed by atoms with van der Waals surface area (Å²) in [7, 11) is 3.75. The minimum atomic E-state index is 0.268. The monoisotopic (exact) mass is 301 g/mol. The lowest BCUT2D eigenvalue weighted by Gasteiger charge is -2.23. The minimum absolute atomic E-state index is 0.268. The van der Waals surface area contributed by atoms with E-state index in [1.807, 2.05) is 30.3 Å². The Hall–Kier alpha value is -2.14. The molecule has 2 rings (SSSR count). The molecule has 1 heterocycles. The molecule has 0 amide bonds. The zero-order chi connectivity index (χ0) is 15.8. The largest absolute Gasteiger partial charge is 0.497 e. The van der Waals surface area contributed by atoms with Crippen molar-refractivity contribution in [3.8, 4) is 11.5 Å². The third kappa shape index (κ3) is 4.70. The second-order valence-electron chi connectivity index (χ2n) is 5.17. The van der Waals surface area contributed by atoms with E-state index in [-0.39, 0.29) is 6.04 Å². The molecule has 0 aliphatic carbocycles. The number of hydrogen-bond acceptors (Lipinski definition) is 5. The van der Waals surface area contributed by atoms with E-state index in [4.69, 9.17) is 9.47 Å². The molecule has 118 valence electrons. The Kier molecular flexibility index (Phi) is 6.15. The van der Waals surface area contributed by atoms with E-state index in [9.17, 15) is 0 Å². The van der Waals surface area contributed by atoms with Gasteiger partial charge in [-0.3, -0.25) is 4.90 Å². The predicted molar refractivity (Wildman–Crippen MR) is 86.2 cm³/mol. The van der Waals surface area contributed by atoms with Gasteiger partial charge >= 0.3 is 0 Å². The van der Waals surface area contributed by atoms with Gasteiger partial charge in [0.05, 0.1) is 19.4 Å². The summed E-state index contributed by atoms with van der Waals surface area (Å²) >= 11 is 0. The van der Waals surface area contributed by atoms with Crippen LogP contribution in [0.2, 0.25) is 0 Å². The van der Waals surface area contributed by atoms with Gasteiger partial charge in [-0.25, -0.2) is 9.97 Å². The van der Waals surface area contributed by atoms with Crippen LogP contribution in [0, 0.1) is 0 Å². The molecular formula is C17H23N3O2. The molecule has 22 heavy (non-hydrogen) atoms. The Bertz CT molecular complexity index is 546. The summed E-state index contributed by atoms with van der Waals surface area (Å²) in [5.41, 5.74) is 1.04. The molecule has 1 aromatic heterocycles. The molecule has 0 saturated heterocycles. The highest BCUT2D eigenvalue weighted by Crippen LogP contribution is 2.18. The lowest BCUT2D eigenvalue weighted by molar-refractivity contribution is 0.223. The lowest BCUT2D eigenvalue weighted by Crippen LogP contribution is -2.25. The second kappa shape index (κ2) is 8.34. The third-order valence-electron chi connectivity index (χ3n) is 3.68. The van der Waals surface area contributed by atoms with Gasteiger partial charge in [0, 0.05) is 18.8 Å². The van der Waals surface area contributed by atoms with Crippen LogP contribution in [0.4, 0.5) is 0 Å². The van der Waals surface area contributed by atoms with Gasteiger partial charge in [0.15, 0.2) is 0 Å². The summed E-state index contributed by atoms with van der Waals surface area (Å²) in [5.74, 6) is 1.71. The molecule has 0 bridgehead atoms. The number of ether oxygens (including phenoxy) is 2. The highest BCUT2D eigenvalue weighted by atomic mass is 16.5. The molecule has 0 radical (unpaired) electrons. The van der Waals surface area contributed by atoms with E-state index in [1.54, 1.807) is 19.6 Å². The smallest absolute Gasteiger partial charge is 0.119 e. The van der Waals surface area contributed by atoms with Crippen molar-refractivity contribution in [1.82, 2.24) is 14.9 Å². The van der Waals surface area contributed by atoms with Crippen LogP contribution in [-0.4, -0.2) is 42.2 Å². The van der Waals surface area contributed by atoms with E-state index in [0.717, 1.165) is 30.2 Å². The summed E-state index contributed by atoms with van der Waals surface area (Å²) in [6.45, 7) is 3.78. The fourth-order valence-electron chi connectivity index (χ4n) is 2.14. The van der Waals surface area contributed by atoms with Gasteiger partial charge in [-0.05, 0) is 50.7 Å². The number of hydrogen-bond donors (Lipinski definition) is 0. The normalized spacial score (nSPS) is 12.2. The number of benzene rings is 1. The maximum atomic E-state index is 5.73. The number of aromatic nitrogens is 2. The molecule has 0 aliphatic rings. The molecular weight excluding hydrogens is 278 g/mol. The van der Waals surface area contributed by atoms with Gasteiger partial charge in [-0.1, -0.05) is 0 Å². The van der Waals surface area contributed by atoms with Gasteiger partial charge in [0.2, 0.25) is 0 Å². The maximum absolute atomic E-state index is 5.73. The summed E-state index contributed by atoms with van der Waals surface area (Å²) in [5, 5.41) is 0. The van der Waals surface area contributed by atoms with Crippen LogP contribution in [0.5, 0.6) is 11.5 Å². The fraction of sp³-hybridized carbons (Fsp3) is 0.412. The first-order valence-electron chi connectivity index (χ1n) is 7.43. The number of methoxy groups -OCH3 is 1. The molecule has 1 atom stereocenters. The third-order valence-corrected chi connectivity index (χ3v) is 3.68. The van der Waals surface area contributed by atoms with E-state index < -0.39 is 0 Å². The molecule has 0 spiro atoms. The molecule has 5 nitrogen and oxygen atoms in total. The van der Waals surface area contributed by atoms with Gasteiger partial charge in [0.25, 0.3) is 0 Å². The summed E-state index contributed by atoms with van der Waals surface area (Å²) in [4.78, 5) is 10.5. The first-order chi connectivity index (χ1) is 10.7. The van der Waals surface area contributed by atoms with E-state index >= 15 is 0 Å². The Labute approximate surface area is 131 Å². The first-order valence-corrected chi connectivity index (χ1v) is 7.43. The van der Waals surface area contributed by atoms with E-state index in [0.29, 0.717) is 6.61 Å². The van der Waals surface area contributed by atoms with Crippen molar-refractivity contribution in [2.45, 2.75) is 19.4 Å². The van der Waals surface area contributed by atoms with E-state index in [2.05, 4.69) is 28.8 Å². The van der Waals surface area contributed by atoms with Crippen molar-refractivity contribution in [2.24, 2.45) is 0 Å². The summed E-state index contributed by atoms with van der Waals surface area (Å²) < 4.78 is 10.9. The highest BCUT2D eigenvalue weighted by Gasteiger charge is 2.12. The van der Waals surface area contributed by atoms with Crippen LogP contribution in [0.1, 0.15) is 25.1 Å². The average molecular weight is 301 g/mol. The van der Waals surface area contributed by atoms with Crippen LogP contribution in [0.3, 0.4) is 0 Å². The maximum Gasteiger partial charge on any atom is 0.119 e. The Morgan fingerprint density at radius 2 is 1.86 bits per heavy atom. The molecule has 0 saturated carbocycles. The van der Waals surface area contributed by atoms with Crippen molar-refractivity contribution in [3.63, 3.8) is 0 Å². The van der Waals surface area contributed by atoms with Gasteiger partial charge < -0.3 is 9.47 Å². The topological polar surface area (TPSA) is 47.5 Å². The van der Waals surface area contributed by atoms with Crippen molar-refractivity contribution >= 4 is 0 Å². The van der Waals surface area contributed by atoms with Crippen molar-refractivity contribution < 1.29 is 9.47 Å². The molecule has 0 N–H and O–H groups in total. The average Bonchev–Trinajstić information content (AvgIpc) is 2.59. The minimum Gasteiger partial charge on any atom is -0.497 e. The molecule has 1 aromatic carbocycles. The summed E-state index contributed by atoms with van der Waals surface area (Å²) in [6.07, 6.45) is 4.32. The van der Waals surface area contributed by atoms with Crippen molar-refractivity contribution in [3.05, 3.63) is 48.5 Å². The van der Waals surface area contributed by atoms with Gasteiger partial charge in [-0.2, -0.15) is 0 Å². The van der Waals surface area contributed by atoms with Crippen LogP contribution < -0.4 is 9.47 Å². The van der Waals surface area contributed by atoms with Crippen LogP contribution in [0.25, 0.3) is 0 Å². The SMILES string of the molecule is COc1ccc(OCCCN(C)C(C)c2ccncn2)cc1. The van der Waals surface area contributed by atoms with Crippen LogP contribution in [-0.2, 0) is 0 Å². The molecule has 5 heteroatoms. The molecule has 2 aromatic rings. The van der Waals surface area contributed by atoms with Crippen LogP contribution in [0.15, 0.2) is 42.9 Å². The highest BCUT2D eigenvalue weighted by molar-refractivity contribution is 5.31. The fourth-order valence-corrected chi connectivity index (χ4v) is 2.14. The predicted octanol–water partition coefficient (Wildman–Crippen LogP) is 2.95. The Balaban J connectivity index is 1.71. The molecule has 0 aliphatic heterocycles. The zero-order valence-corrected chi connectivity index (χ0v) is 13.4. The quantitative estimate of drug-likeness (QED) is 0.702. The Morgan fingerprint density at radius 3 is 2.50 bits per heavy atom. The van der Waals surface area contributed by atoms with Crippen LogP contribution >= 0.6 is 0 Å². The summed E-state index contributed by atoms with van der Waals surface area (Å²) in [6, 6.07) is 9.87. The lowest BCUT2D eigenvalue weighted by atomic mass is 10.2. The van der Waals surface area contributed by atoms with Gasteiger partial charge in [-0.15, -0.1) is 0 Å². The van der Waals surface area contributed by atoms with Crippen molar-refractivity contribution in [2.75, 3.05) is 27.3 Å². The standard InChI is InChI=1S/C17H23N3O2/c1-14(17-9-10-18-13-19-17)20(2)11-4-12-22-16-7-5-15(21-3)6-8-16/h5-10,13-14H,4,11-12H2,1-3H3. The molecule has 0 fully saturated rings. The number of rotatable bonds is 8.